The Balaban J connectivity index is 1.82. The molecule has 0 aliphatic heterocycles. The summed E-state index contributed by atoms with van der Waals surface area (Å²) < 4.78 is 5.04. The Bertz CT molecular complexity index is 1250. The zero-order chi connectivity index (χ0) is 24.7. The fourth-order valence-electron chi connectivity index (χ4n) is 3.31. The molecule has 3 rings (SSSR count). The van der Waals surface area contributed by atoms with Crippen LogP contribution in [0.3, 0.4) is 0 Å². The second-order valence-electron chi connectivity index (χ2n) is 7.26. The van der Waals surface area contributed by atoms with E-state index in [0.29, 0.717) is 16.1 Å². The summed E-state index contributed by atoms with van der Waals surface area (Å²) in [6, 6.07) is 17.1. The predicted octanol–water partition coefficient (Wildman–Crippen LogP) is 5.26. The maximum absolute atomic E-state index is 13.0. The first-order chi connectivity index (χ1) is 16.3. The van der Waals surface area contributed by atoms with Crippen LogP contribution in [0.5, 0.6) is 0 Å². The van der Waals surface area contributed by atoms with Gasteiger partial charge in [0.05, 0.1) is 35.2 Å². The Labute approximate surface area is 206 Å². The fourth-order valence-corrected chi connectivity index (χ4v) is 4.60. The lowest BCUT2D eigenvalue weighted by molar-refractivity contribution is -0.116. The number of ether oxygens (including phenoxy) is 1. The van der Waals surface area contributed by atoms with Gasteiger partial charge in [0, 0.05) is 0 Å². The number of esters is 1. The molecule has 0 bridgehead atoms. The number of thiophene rings is 1. The summed E-state index contributed by atoms with van der Waals surface area (Å²) in [6.07, 6.45) is -0.100. The average Bonchev–Trinajstić information content (AvgIpc) is 3.14. The summed E-state index contributed by atoms with van der Waals surface area (Å²) in [5, 5.41) is 15.7. The Morgan fingerprint density at radius 3 is 2.44 bits per heavy atom. The standard InChI is InChI=1S/C25H22ClN3O4S/c1-3-33-25(32)22-15(2)18(14-27)24(34-22)29-21(30)13-20(16-9-5-4-6-10-16)28-23(31)17-11-7-8-12-19(17)26/h4-12,20H,3,13H2,1-2H3,(H,28,31)(H,29,30). The van der Waals surface area contributed by atoms with Crippen LogP contribution in [-0.2, 0) is 9.53 Å². The van der Waals surface area contributed by atoms with Crippen molar-refractivity contribution in [2.45, 2.75) is 26.3 Å². The number of benzene rings is 2. The molecule has 0 spiro atoms. The number of nitriles is 1. The summed E-state index contributed by atoms with van der Waals surface area (Å²) in [5.74, 6) is -1.39. The number of anilines is 1. The van der Waals surface area contributed by atoms with E-state index in [1.54, 1.807) is 50.2 Å². The van der Waals surface area contributed by atoms with Gasteiger partial charge < -0.3 is 15.4 Å². The largest absolute Gasteiger partial charge is 0.462 e. The molecule has 9 heteroatoms. The van der Waals surface area contributed by atoms with Crippen LogP contribution in [0.15, 0.2) is 54.6 Å². The highest BCUT2D eigenvalue weighted by molar-refractivity contribution is 7.18. The van der Waals surface area contributed by atoms with E-state index in [1.165, 1.54) is 0 Å². The van der Waals surface area contributed by atoms with E-state index in [9.17, 15) is 19.6 Å². The molecular weight excluding hydrogens is 474 g/mol. The van der Waals surface area contributed by atoms with Gasteiger partial charge in [-0.1, -0.05) is 54.1 Å². The Morgan fingerprint density at radius 2 is 1.79 bits per heavy atom. The van der Waals surface area contributed by atoms with E-state index < -0.39 is 23.8 Å². The van der Waals surface area contributed by atoms with Crippen LogP contribution in [0, 0.1) is 18.3 Å². The fraction of sp³-hybridized carbons (Fsp3) is 0.200. The molecule has 0 saturated carbocycles. The number of hydrogen-bond acceptors (Lipinski definition) is 6. The highest BCUT2D eigenvalue weighted by atomic mass is 35.5. The van der Waals surface area contributed by atoms with Crippen LogP contribution in [-0.4, -0.2) is 24.4 Å². The lowest BCUT2D eigenvalue weighted by Gasteiger charge is -2.19. The molecular formula is C25H22ClN3O4S. The van der Waals surface area contributed by atoms with Gasteiger partial charge in [0.25, 0.3) is 5.91 Å². The van der Waals surface area contributed by atoms with Gasteiger partial charge in [-0.05, 0) is 37.1 Å². The van der Waals surface area contributed by atoms with Crippen molar-refractivity contribution >= 4 is 45.7 Å². The van der Waals surface area contributed by atoms with E-state index in [1.807, 2.05) is 24.3 Å². The second-order valence-corrected chi connectivity index (χ2v) is 8.69. The molecule has 1 heterocycles. The number of amides is 2. The highest BCUT2D eigenvalue weighted by Gasteiger charge is 2.24. The molecule has 2 amide bonds. The van der Waals surface area contributed by atoms with Crippen LogP contribution in [0.1, 0.15) is 56.1 Å². The number of nitrogens with one attached hydrogen (secondary N) is 2. The maximum Gasteiger partial charge on any atom is 0.348 e. The first-order valence-corrected chi connectivity index (χ1v) is 11.7. The molecule has 0 radical (unpaired) electrons. The minimum Gasteiger partial charge on any atom is -0.462 e. The van der Waals surface area contributed by atoms with Crippen molar-refractivity contribution in [1.82, 2.24) is 5.32 Å². The SMILES string of the molecule is CCOC(=O)c1sc(NC(=O)CC(NC(=O)c2ccccc2Cl)c2ccccc2)c(C#N)c1C. The van der Waals surface area contributed by atoms with Crippen LogP contribution in [0.25, 0.3) is 0 Å². The van der Waals surface area contributed by atoms with Crippen molar-refractivity contribution in [3.63, 3.8) is 0 Å². The third-order valence-corrected chi connectivity index (χ3v) is 6.50. The summed E-state index contributed by atoms with van der Waals surface area (Å²) in [7, 11) is 0. The topological polar surface area (TPSA) is 108 Å². The molecule has 2 N–H and O–H groups in total. The molecule has 1 atom stereocenters. The van der Waals surface area contributed by atoms with Gasteiger partial charge in [-0.3, -0.25) is 9.59 Å². The molecule has 1 aromatic heterocycles. The van der Waals surface area contributed by atoms with E-state index in [-0.39, 0.29) is 28.5 Å². The summed E-state index contributed by atoms with van der Waals surface area (Å²) in [4.78, 5) is 38.3. The van der Waals surface area contributed by atoms with Crippen LogP contribution >= 0.6 is 22.9 Å². The first kappa shape index (κ1) is 25.0. The summed E-state index contributed by atoms with van der Waals surface area (Å²) >= 11 is 7.14. The zero-order valence-electron chi connectivity index (χ0n) is 18.6. The van der Waals surface area contributed by atoms with Gasteiger partial charge in [0.15, 0.2) is 0 Å². The number of rotatable bonds is 8. The number of nitrogens with zero attached hydrogens (tertiary/aromatic N) is 1. The van der Waals surface area contributed by atoms with Crippen LogP contribution < -0.4 is 10.6 Å². The molecule has 174 valence electrons. The Morgan fingerprint density at radius 1 is 1.12 bits per heavy atom. The molecule has 0 aliphatic carbocycles. The van der Waals surface area contributed by atoms with Crippen LogP contribution in [0.4, 0.5) is 5.00 Å². The third-order valence-electron chi connectivity index (χ3n) is 4.99. The molecule has 1 unspecified atom stereocenters. The Hall–Kier alpha value is -3.67. The van der Waals surface area contributed by atoms with Gasteiger partial charge >= 0.3 is 5.97 Å². The number of hydrogen-bond donors (Lipinski definition) is 2. The second kappa shape index (κ2) is 11.5. The molecule has 2 aromatic carbocycles. The quantitative estimate of drug-likeness (QED) is 0.414. The van der Waals surface area contributed by atoms with Crippen molar-refractivity contribution in [2.24, 2.45) is 0 Å². The number of carbonyl (C=O) groups is 3. The Kier molecular flexibility index (Phi) is 8.41. The smallest absolute Gasteiger partial charge is 0.348 e. The van der Waals surface area contributed by atoms with Gasteiger partial charge in [-0.25, -0.2) is 4.79 Å². The molecule has 0 saturated heterocycles. The molecule has 3 aromatic rings. The van der Waals surface area contributed by atoms with E-state index >= 15 is 0 Å². The number of carbonyl (C=O) groups excluding carboxylic acids is 3. The van der Waals surface area contributed by atoms with Crippen molar-refractivity contribution in [3.05, 3.63) is 86.8 Å². The van der Waals surface area contributed by atoms with Gasteiger partial charge in [0.2, 0.25) is 5.91 Å². The third kappa shape index (κ3) is 5.81. The number of halogens is 1. The lowest BCUT2D eigenvalue weighted by atomic mass is 10.0. The average molecular weight is 496 g/mol. The predicted molar refractivity (Wildman–Crippen MR) is 131 cm³/mol. The minimum atomic E-state index is -0.652. The molecule has 34 heavy (non-hydrogen) atoms. The summed E-state index contributed by atoms with van der Waals surface area (Å²) in [5.41, 5.74) is 1.68. The zero-order valence-corrected chi connectivity index (χ0v) is 20.1. The first-order valence-electron chi connectivity index (χ1n) is 10.5. The monoisotopic (exact) mass is 495 g/mol. The lowest BCUT2D eigenvalue weighted by Crippen LogP contribution is -2.31. The molecule has 0 aliphatic rings. The van der Waals surface area contributed by atoms with Crippen molar-refractivity contribution in [3.8, 4) is 6.07 Å². The summed E-state index contributed by atoms with van der Waals surface area (Å²) in [6.45, 7) is 3.52. The van der Waals surface area contributed by atoms with E-state index in [0.717, 1.165) is 16.9 Å². The highest BCUT2D eigenvalue weighted by Crippen LogP contribution is 2.33. The molecule has 7 nitrogen and oxygen atoms in total. The normalized spacial score (nSPS) is 11.2. The van der Waals surface area contributed by atoms with E-state index in [4.69, 9.17) is 16.3 Å². The molecule has 0 fully saturated rings. The van der Waals surface area contributed by atoms with Gasteiger partial charge in [-0.15, -0.1) is 11.3 Å². The van der Waals surface area contributed by atoms with Crippen molar-refractivity contribution in [1.29, 1.82) is 5.26 Å². The van der Waals surface area contributed by atoms with Gasteiger partial charge in [0.1, 0.15) is 15.9 Å². The maximum atomic E-state index is 13.0. The van der Waals surface area contributed by atoms with Crippen LogP contribution in [0.2, 0.25) is 5.02 Å². The van der Waals surface area contributed by atoms with Crippen molar-refractivity contribution in [2.75, 3.05) is 11.9 Å². The van der Waals surface area contributed by atoms with Crippen molar-refractivity contribution < 1.29 is 19.1 Å². The van der Waals surface area contributed by atoms with E-state index in [2.05, 4.69) is 10.6 Å². The minimum absolute atomic E-state index is 0.100. The van der Waals surface area contributed by atoms with Gasteiger partial charge in [-0.2, -0.15) is 5.26 Å².